The molecule has 0 aliphatic carbocycles. The van der Waals surface area contributed by atoms with Crippen molar-refractivity contribution in [2.45, 2.75) is 24.4 Å². The van der Waals surface area contributed by atoms with Gasteiger partial charge in [-0.05, 0) is 19.4 Å². The Balaban J connectivity index is 2.65. The molecule has 1 atom stereocenters. The number of nitrogens with zero attached hydrogens (tertiary/aromatic N) is 2. The molecule has 1 aromatic rings. The van der Waals surface area contributed by atoms with E-state index >= 15 is 0 Å². The van der Waals surface area contributed by atoms with Gasteiger partial charge in [-0.2, -0.15) is 5.10 Å². The minimum atomic E-state index is -3.45. The molecule has 0 aliphatic heterocycles. The van der Waals surface area contributed by atoms with Crippen molar-refractivity contribution < 1.29 is 8.42 Å². The van der Waals surface area contributed by atoms with Gasteiger partial charge >= 0.3 is 0 Å². The number of aryl methyl sites for hydroxylation is 1. The highest BCUT2D eigenvalue weighted by atomic mass is 32.2. The molecule has 0 fully saturated rings. The van der Waals surface area contributed by atoms with Crippen LogP contribution in [0.2, 0.25) is 0 Å². The molecule has 1 unspecified atom stereocenters. The first-order valence-corrected chi connectivity index (χ1v) is 6.15. The van der Waals surface area contributed by atoms with E-state index in [1.54, 1.807) is 7.05 Å². The second-order valence-corrected chi connectivity index (χ2v) is 5.17. The van der Waals surface area contributed by atoms with Gasteiger partial charge in [0, 0.05) is 19.6 Å². The van der Waals surface area contributed by atoms with E-state index in [-0.39, 0.29) is 11.1 Å². The van der Waals surface area contributed by atoms with Crippen LogP contribution in [0.15, 0.2) is 17.3 Å². The van der Waals surface area contributed by atoms with Crippen molar-refractivity contribution in [3.63, 3.8) is 0 Å². The summed E-state index contributed by atoms with van der Waals surface area (Å²) in [7, 11) is -1.86. The zero-order valence-electron chi connectivity index (χ0n) is 8.84. The van der Waals surface area contributed by atoms with E-state index in [0.717, 1.165) is 0 Å². The lowest BCUT2D eigenvalue weighted by atomic mass is 10.3. The zero-order valence-corrected chi connectivity index (χ0v) is 9.66. The number of aromatic nitrogens is 2. The molecule has 0 amide bonds. The summed E-state index contributed by atoms with van der Waals surface area (Å²) in [6.45, 7) is 2.17. The summed E-state index contributed by atoms with van der Waals surface area (Å²) in [4.78, 5) is 0. The Labute approximate surface area is 89.5 Å². The van der Waals surface area contributed by atoms with E-state index in [4.69, 9.17) is 5.73 Å². The second kappa shape index (κ2) is 4.73. The van der Waals surface area contributed by atoms with Crippen LogP contribution in [0.5, 0.6) is 0 Å². The normalized spacial score (nSPS) is 14.1. The quantitative estimate of drug-likeness (QED) is 0.711. The van der Waals surface area contributed by atoms with Crippen molar-refractivity contribution in [3.05, 3.63) is 12.3 Å². The van der Waals surface area contributed by atoms with Crippen molar-refractivity contribution in [1.29, 1.82) is 0 Å². The Kier molecular flexibility index (Phi) is 3.83. The number of nitrogens with one attached hydrogen (secondary N) is 1. The maximum absolute atomic E-state index is 11.7. The molecule has 86 valence electrons. The fraction of sp³-hybridized carbons (Fsp3) is 0.625. The first kappa shape index (κ1) is 12.2. The van der Waals surface area contributed by atoms with Crippen LogP contribution in [0, 0.1) is 0 Å². The Morgan fingerprint density at radius 3 is 2.80 bits per heavy atom. The first-order chi connectivity index (χ1) is 6.93. The van der Waals surface area contributed by atoms with Crippen LogP contribution < -0.4 is 10.5 Å². The summed E-state index contributed by atoms with van der Waals surface area (Å²) in [6, 6.07) is 1.44. The maximum atomic E-state index is 11.7. The van der Waals surface area contributed by atoms with Gasteiger partial charge in [0.2, 0.25) is 0 Å². The van der Waals surface area contributed by atoms with Crippen LogP contribution >= 0.6 is 0 Å². The van der Waals surface area contributed by atoms with Gasteiger partial charge in [0.25, 0.3) is 10.0 Å². The molecule has 0 bridgehead atoms. The summed E-state index contributed by atoms with van der Waals surface area (Å²) in [6.07, 6.45) is 2.05. The summed E-state index contributed by atoms with van der Waals surface area (Å²) in [5.41, 5.74) is 5.52. The SMILES string of the molecule is CC(N)CCNS(=O)(=O)c1ccnn1C. The van der Waals surface area contributed by atoms with E-state index in [0.29, 0.717) is 13.0 Å². The van der Waals surface area contributed by atoms with Gasteiger partial charge in [0.1, 0.15) is 0 Å². The average molecular weight is 232 g/mol. The fourth-order valence-corrected chi connectivity index (χ4v) is 2.29. The standard InChI is InChI=1S/C8H16N4O2S/c1-7(9)3-6-11-15(13,14)8-4-5-10-12(8)2/h4-5,7,11H,3,6,9H2,1-2H3. The third-order valence-corrected chi connectivity index (χ3v) is 3.48. The number of hydrogen-bond acceptors (Lipinski definition) is 4. The van der Waals surface area contributed by atoms with Crippen LogP contribution in [-0.2, 0) is 17.1 Å². The molecule has 0 saturated carbocycles. The minimum Gasteiger partial charge on any atom is -0.328 e. The van der Waals surface area contributed by atoms with Gasteiger partial charge in [-0.25, -0.2) is 13.1 Å². The lowest BCUT2D eigenvalue weighted by Gasteiger charge is -2.08. The highest BCUT2D eigenvalue weighted by Crippen LogP contribution is 2.05. The van der Waals surface area contributed by atoms with Gasteiger partial charge in [0.15, 0.2) is 5.03 Å². The van der Waals surface area contributed by atoms with Gasteiger partial charge < -0.3 is 5.73 Å². The van der Waals surface area contributed by atoms with Crippen LogP contribution in [0.4, 0.5) is 0 Å². The van der Waals surface area contributed by atoms with Gasteiger partial charge in [0.05, 0.1) is 6.20 Å². The van der Waals surface area contributed by atoms with Crippen LogP contribution in [-0.4, -0.2) is 30.8 Å². The Morgan fingerprint density at radius 1 is 1.67 bits per heavy atom. The summed E-state index contributed by atoms with van der Waals surface area (Å²) in [5.74, 6) is 0. The second-order valence-electron chi connectivity index (χ2n) is 3.46. The number of hydrogen-bond donors (Lipinski definition) is 2. The molecule has 15 heavy (non-hydrogen) atoms. The van der Waals surface area contributed by atoms with Crippen LogP contribution in [0.3, 0.4) is 0 Å². The summed E-state index contributed by atoms with van der Waals surface area (Å²) < 4.78 is 27.1. The molecule has 6 nitrogen and oxygen atoms in total. The number of sulfonamides is 1. The third kappa shape index (κ3) is 3.29. The van der Waals surface area contributed by atoms with E-state index < -0.39 is 10.0 Å². The van der Waals surface area contributed by atoms with E-state index in [1.807, 2.05) is 6.92 Å². The lowest BCUT2D eigenvalue weighted by molar-refractivity contribution is 0.555. The molecule has 7 heteroatoms. The van der Waals surface area contributed by atoms with Crippen molar-refractivity contribution >= 4 is 10.0 Å². The van der Waals surface area contributed by atoms with Crippen molar-refractivity contribution in [1.82, 2.24) is 14.5 Å². The van der Waals surface area contributed by atoms with Gasteiger partial charge in [-0.15, -0.1) is 0 Å². The lowest BCUT2D eigenvalue weighted by Crippen LogP contribution is -2.30. The number of rotatable bonds is 5. The molecule has 1 aromatic heterocycles. The third-order valence-electron chi connectivity index (χ3n) is 1.94. The van der Waals surface area contributed by atoms with E-state index in [1.165, 1.54) is 16.9 Å². The van der Waals surface area contributed by atoms with Crippen molar-refractivity contribution in [2.75, 3.05) is 6.54 Å². The smallest absolute Gasteiger partial charge is 0.257 e. The molecular formula is C8H16N4O2S. The Morgan fingerprint density at radius 2 is 2.33 bits per heavy atom. The van der Waals surface area contributed by atoms with E-state index in [2.05, 4.69) is 9.82 Å². The summed E-state index contributed by atoms with van der Waals surface area (Å²) in [5, 5.41) is 3.96. The predicted octanol–water partition coefficient (Wildman–Crippen LogP) is -0.564. The zero-order chi connectivity index (χ0) is 11.5. The van der Waals surface area contributed by atoms with E-state index in [9.17, 15) is 8.42 Å². The highest BCUT2D eigenvalue weighted by molar-refractivity contribution is 7.89. The first-order valence-electron chi connectivity index (χ1n) is 4.67. The van der Waals surface area contributed by atoms with Crippen LogP contribution in [0.1, 0.15) is 13.3 Å². The molecule has 0 aromatic carbocycles. The largest absolute Gasteiger partial charge is 0.328 e. The Hall–Kier alpha value is -0.920. The predicted molar refractivity (Wildman–Crippen MR) is 56.7 cm³/mol. The average Bonchev–Trinajstić information content (AvgIpc) is 2.50. The van der Waals surface area contributed by atoms with Crippen molar-refractivity contribution in [3.8, 4) is 0 Å². The molecule has 1 rings (SSSR count). The molecule has 0 aliphatic rings. The highest BCUT2D eigenvalue weighted by Gasteiger charge is 2.16. The number of nitrogens with two attached hydrogens (primary N) is 1. The fourth-order valence-electron chi connectivity index (χ4n) is 1.12. The topological polar surface area (TPSA) is 90.0 Å². The molecule has 1 heterocycles. The molecular weight excluding hydrogens is 216 g/mol. The molecule has 0 radical (unpaired) electrons. The Bertz CT molecular complexity index is 410. The summed E-state index contributed by atoms with van der Waals surface area (Å²) >= 11 is 0. The van der Waals surface area contributed by atoms with Crippen molar-refractivity contribution in [2.24, 2.45) is 12.8 Å². The van der Waals surface area contributed by atoms with Gasteiger partial charge in [-0.1, -0.05) is 0 Å². The van der Waals surface area contributed by atoms with Crippen LogP contribution in [0.25, 0.3) is 0 Å². The molecule has 0 saturated heterocycles. The monoisotopic (exact) mass is 232 g/mol. The molecule has 3 N–H and O–H groups in total. The minimum absolute atomic E-state index is 0.0146. The van der Waals surface area contributed by atoms with Gasteiger partial charge in [-0.3, -0.25) is 4.68 Å². The molecule has 0 spiro atoms. The maximum Gasteiger partial charge on any atom is 0.257 e.